The topological polar surface area (TPSA) is 59.8 Å². The van der Waals surface area contributed by atoms with Crippen molar-refractivity contribution in [3.05, 3.63) is 63.3 Å². The molecule has 0 unspecified atom stereocenters. The third-order valence-corrected chi connectivity index (χ3v) is 4.22. The van der Waals surface area contributed by atoms with Crippen LogP contribution in [0.2, 0.25) is 0 Å². The SMILES string of the molecule is C#C.C#CC.Cc1nc(NCc2cccc(C(F)(F)F)c2C)c2cn(C)c(=O)cc2n1. The summed E-state index contributed by atoms with van der Waals surface area (Å²) in [5.74, 6) is 3.19. The molecule has 3 rings (SSSR count). The number of rotatable bonds is 3. The van der Waals surface area contributed by atoms with Crippen molar-refractivity contribution in [3.8, 4) is 25.2 Å². The van der Waals surface area contributed by atoms with E-state index in [1.807, 2.05) is 0 Å². The number of anilines is 1. The Morgan fingerprint density at radius 1 is 1.19 bits per heavy atom. The van der Waals surface area contributed by atoms with E-state index in [1.54, 1.807) is 33.2 Å². The van der Waals surface area contributed by atoms with Crippen molar-refractivity contribution in [1.29, 1.82) is 0 Å². The first-order chi connectivity index (χ1) is 14.6. The molecule has 0 amide bonds. The smallest absolute Gasteiger partial charge is 0.365 e. The van der Waals surface area contributed by atoms with Crippen molar-refractivity contribution in [2.75, 3.05) is 5.32 Å². The normalized spacial score (nSPS) is 10.2. The molecule has 0 spiro atoms. The van der Waals surface area contributed by atoms with Gasteiger partial charge in [-0.25, -0.2) is 9.97 Å². The number of benzene rings is 1. The van der Waals surface area contributed by atoms with Gasteiger partial charge in [0.25, 0.3) is 5.56 Å². The lowest BCUT2D eigenvalue weighted by molar-refractivity contribution is -0.138. The molecule has 0 saturated heterocycles. The van der Waals surface area contributed by atoms with Gasteiger partial charge in [0.15, 0.2) is 0 Å². The zero-order valence-corrected chi connectivity index (χ0v) is 17.7. The molecular formula is C23H23F3N4O. The summed E-state index contributed by atoms with van der Waals surface area (Å²) >= 11 is 0. The van der Waals surface area contributed by atoms with Crippen LogP contribution in [0.25, 0.3) is 10.9 Å². The van der Waals surface area contributed by atoms with Crippen molar-refractivity contribution >= 4 is 16.7 Å². The van der Waals surface area contributed by atoms with Crippen molar-refractivity contribution in [1.82, 2.24) is 14.5 Å². The number of halogens is 3. The van der Waals surface area contributed by atoms with Crippen LogP contribution in [0.4, 0.5) is 19.0 Å². The number of aromatic nitrogens is 3. The predicted octanol–water partition coefficient (Wildman–Crippen LogP) is 4.47. The van der Waals surface area contributed by atoms with Crippen LogP contribution in [-0.2, 0) is 19.8 Å². The van der Waals surface area contributed by atoms with Gasteiger partial charge in [-0.3, -0.25) is 4.79 Å². The Bertz CT molecular complexity index is 1170. The number of hydrogen-bond acceptors (Lipinski definition) is 4. The first-order valence-corrected chi connectivity index (χ1v) is 9.03. The zero-order chi connectivity index (χ0) is 23.8. The van der Waals surface area contributed by atoms with Crippen molar-refractivity contribution in [2.45, 2.75) is 33.5 Å². The van der Waals surface area contributed by atoms with E-state index in [4.69, 9.17) is 0 Å². The molecule has 0 bridgehead atoms. The first kappa shape index (κ1) is 25.3. The summed E-state index contributed by atoms with van der Waals surface area (Å²) in [5.41, 5.74) is 0.339. The third kappa shape index (κ3) is 6.35. The molecule has 0 saturated carbocycles. The van der Waals surface area contributed by atoms with E-state index >= 15 is 0 Å². The lowest BCUT2D eigenvalue weighted by Gasteiger charge is -2.15. The van der Waals surface area contributed by atoms with Crippen LogP contribution >= 0.6 is 0 Å². The lowest BCUT2D eigenvalue weighted by Crippen LogP contribution is -2.16. The van der Waals surface area contributed by atoms with Gasteiger partial charge < -0.3 is 9.88 Å². The fourth-order valence-electron chi connectivity index (χ4n) is 2.81. The summed E-state index contributed by atoms with van der Waals surface area (Å²) in [5, 5.41) is 3.70. The Morgan fingerprint density at radius 2 is 1.81 bits per heavy atom. The van der Waals surface area contributed by atoms with Crippen LogP contribution in [0, 0.1) is 39.0 Å². The second-order valence-electron chi connectivity index (χ2n) is 6.37. The molecule has 0 radical (unpaired) electrons. The maximum atomic E-state index is 13.1. The van der Waals surface area contributed by atoms with E-state index in [2.05, 4.69) is 40.5 Å². The average molecular weight is 428 g/mol. The van der Waals surface area contributed by atoms with E-state index in [9.17, 15) is 18.0 Å². The molecular weight excluding hydrogens is 405 g/mol. The van der Waals surface area contributed by atoms with Gasteiger partial charge >= 0.3 is 6.18 Å². The number of fused-ring (bicyclic) bond motifs is 1. The lowest BCUT2D eigenvalue weighted by atomic mass is 10.0. The summed E-state index contributed by atoms with van der Waals surface area (Å²) in [7, 11) is 1.61. The quantitative estimate of drug-likeness (QED) is 0.626. The van der Waals surface area contributed by atoms with Crippen LogP contribution in [0.5, 0.6) is 0 Å². The van der Waals surface area contributed by atoms with Crippen LogP contribution in [0.3, 0.4) is 0 Å². The van der Waals surface area contributed by atoms with E-state index in [0.29, 0.717) is 28.1 Å². The van der Waals surface area contributed by atoms with Gasteiger partial charge in [0.1, 0.15) is 11.6 Å². The van der Waals surface area contributed by atoms with Gasteiger partial charge in [-0.15, -0.1) is 25.2 Å². The van der Waals surface area contributed by atoms with Crippen LogP contribution in [-0.4, -0.2) is 14.5 Å². The van der Waals surface area contributed by atoms with Crippen LogP contribution < -0.4 is 10.9 Å². The first-order valence-electron chi connectivity index (χ1n) is 9.03. The monoisotopic (exact) mass is 428 g/mol. The summed E-state index contributed by atoms with van der Waals surface area (Å²) in [6.45, 7) is 4.97. The number of nitrogens with zero attached hydrogens (tertiary/aromatic N) is 3. The molecule has 0 atom stereocenters. The van der Waals surface area contributed by atoms with Gasteiger partial charge in [0.2, 0.25) is 0 Å². The minimum absolute atomic E-state index is 0.171. The highest BCUT2D eigenvalue weighted by Gasteiger charge is 2.32. The number of nitrogens with one attached hydrogen (secondary N) is 1. The number of terminal acetylenes is 2. The maximum absolute atomic E-state index is 13.1. The molecule has 2 aromatic heterocycles. The Hall–Kier alpha value is -3.78. The second kappa shape index (κ2) is 10.8. The number of aryl methyl sites for hydroxylation is 2. The molecule has 162 valence electrons. The third-order valence-electron chi connectivity index (χ3n) is 4.22. The van der Waals surface area contributed by atoms with Gasteiger partial charge in [0, 0.05) is 25.9 Å². The minimum atomic E-state index is -4.39. The molecule has 31 heavy (non-hydrogen) atoms. The highest BCUT2D eigenvalue weighted by atomic mass is 19.4. The van der Waals surface area contributed by atoms with Gasteiger partial charge in [0.05, 0.1) is 16.5 Å². The minimum Gasteiger partial charge on any atom is -0.365 e. The Kier molecular flexibility index (Phi) is 8.83. The van der Waals surface area contributed by atoms with Gasteiger partial charge in [-0.2, -0.15) is 13.2 Å². The van der Waals surface area contributed by atoms with E-state index in [0.717, 1.165) is 6.07 Å². The van der Waals surface area contributed by atoms with Crippen molar-refractivity contribution in [3.63, 3.8) is 0 Å². The molecule has 0 fully saturated rings. The number of alkyl halides is 3. The molecule has 1 aromatic carbocycles. The molecule has 3 aromatic rings. The highest BCUT2D eigenvalue weighted by molar-refractivity contribution is 5.88. The van der Waals surface area contributed by atoms with E-state index in [-0.39, 0.29) is 17.7 Å². The van der Waals surface area contributed by atoms with Crippen LogP contribution in [0.1, 0.15) is 29.4 Å². The Morgan fingerprint density at radius 3 is 2.39 bits per heavy atom. The molecule has 0 aliphatic carbocycles. The van der Waals surface area contributed by atoms with Crippen molar-refractivity contribution < 1.29 is 13.2 Å². The molecule has 2 heterocycles. The second-order valence-corrected chi connectivity index (χ2v) is 6.37. The maximum Gasteiger partial charge on any atom is 0.416 e. The van der Waals surface area contributed by atoms with Crippen molar-refractivity contribution in [2.24, 2.45) is 7.05 Å². The summed E-state index contributed by atoms with van der Waals surface area (Å²) in [4.78, 5) is 20.4. The van der Waals surface area contributed by atoms with E-state index in [1.165, 1.54) is 23.6 Å². The largest absolute Gasteiger partial charge is 0.416 e. The summed E-state index contributed by atoms with van der Waals surface area (Å²) < 4.78 is 40.6. The van der Waals surface area contributed by atoms with E-state index < -0.39 is 11.7 Å². The predicted molar refractivity (Wildman–Crippen MR) is 117 cm³/mol. The zero-order valence-electron chi connectivity index (χ0n) is 17.7. The summed E-state index contributed by atoms with van der Waals surface area (Å²) in [6, 6.07) is 5.51. The number of pyridine rings is 1. The van der Waals surface area contributed by atoms with Gasteiger partial charge in [-0.1, -0.05) is 12.1 Å². The molecule has 1 N–H and O–H groups in total. The molecule has 0 aliphatic rings. The molecule has 5 nitrogen and oxygen atoms in total. The molecule has 0 aliphatic heterocycles. The average Bonchev–Trinajstić information content (AvgIpc) is 2.69. The Labute approximate surface area is 179 Å². The Balaban J connectivity index is 0.000000884. The van der Waals surface area contributed by atoms with Crippen LogP contribution in [0.15, 0.2) is 35.3 Å². The molecule has 8 heteroatoms. The standard InChI is InChI=1S/C18H17F3N4O.C3H4.C2H2/c1-10-12(5-4-6-14(10)18(19,20)21)8-22-17-13-9-25(3)16(26)7-15(13)23-11(2)24-17;1-3-2;1-2/h4-7,9H,8H2,1-3H3,(H,22,23,24);1H,2H3;1-2H. The fourth-order valence-corrected chi connectivity index (χ4v) is 2.81. The number of hydrogen-bond donors (Lipinski definition) is 1. The van der Waals surface area contributed by atoms with Gasteiger partial charge in [-0.05, 0) is 38.0 Å². The summed E-state index contributed by atoms with van der Waals surface area (Å²) in [6.07, 6.45) is 9.81. The fraction of sp³-hybridized carbons (Fsp3) is 0.261. The highest BCUT2D eigenvalue weighted by Crippen LogP contribution is 2.33.